The molecule has 0 aromatic carbocycles. The van der Waals surface area contributed by atoms with Gasteiger partial charge in [-0.3, -0.25) is 9.59 Å². The lowest BCUT2D eigenvalue weighted by molar-refractivity contribution is -0.146. The highest BCUT2D eigenvalue weighted by Gasteiger charge is 2.49. The second kappa shape index (κ2) is 6.14. The number of thiazole rings is 1. The fourth-order valence-electron chi connectivity index (χ4n) is 3.92. The van der Waals surface area contributed by atoms with Crippen molar-refractivity contribution in [2.75, 3.05) is 26.2 Å². The van der Waals surface area contributed by atoms with Crippen LogP contribution >= 0.6 is 11.3 Å². The van der Waals surface area contributed by atoms with Crippen LogP contribution in [0.5, 0.6) is 0 Å². The largest absolute Gasteiger partial charge is 0.342 e. The van der Waals surface area contributed by atoms with Gasteiger partial charge in [0.05, 0.1) is 10.4 Å². The predicted molar refractivity (Wildman–Crippen MR) is 95.1 cm³/mol. The van der Waals surface area contributed by atoms with E-state index in [0.29, 0.717) is 18.8 Å². The molecule has 1 atom stereocenters. The monoisotopic (exact) mass is 349 g/mol. The number of hydrogen-bond donors (Lipinski definition) is 0. The first-order valence-corrected chi connectivity index (χ1v) is 9.59. The van der Waals surface area contributed by atoms with Gasteiger partial charge >= 0.3 is 0 Å². The normalized spacial score (nSPS) is 24.9. The number of nitrogens with zero attached hydrogens (tertiary/aromatic N) is 3. The van der Waals surface area contributed by atoms with E-state index in [4.69, 9.17) is 0 Å². The fourth-order valence-corrected chi connectivity index (χ4v) is 4.51. The van der Waals surface area contributed by atoms with Crippen LogP contribution in [-0.4, -0.2) is 52.8 Å². The third kappa shape index (κ3) is 3.34. The Bertz CT molecular complexity index is 649. The van der Waals surface area contributed by atoms with Crippen LogP contribution in [0.1, 0.15) is 55.5 Å². The first kappa shape index (κ1) is 17.4. The van der Waals surface area contributed by atoms with Gasteiger partial charge in [0.25, 0.3) is 5.91 Å². The van der Waals surface area contributed by atoms with Crippen molar-refractivity contribution < 1.29 is 9.59 Å². The van der Waals surface area contributed by atoms with Crippen molar-refractivity contribution in [1.29, 1.82) is 0 Å². The maximum atomic E-state index is 13.1. The van der Waals surface area contributed by atoms with Crippen molar-refractivity contribution in [2.24, 2.45) is 10.8 Å². The lowest BCUT2D eigenvalue weighted by Gasteiger charge is -2.41. The molecule has 0 radical (unpaired) electrons. The third-order valence-electron chi connectivity index (χ3n) is 4.97. The van der Waals surface area contributed by atoms with Crippen molar-refractivity contribution >= 4 is 23.2 Å². The summed E-state index contributed by atoms with van der Waals surface area (Å²) in [7, 11) is 0. The van der Waals surface area contributed by atoms with E-state index in [2.05, 4.69) is 25.8 Å². The van der Waals surface area contributed by atoms with Gasteiger partial charge in [0.1, 0.15) is 5.69 Å². The second-order valence-corrected chi connectivity index (χ2v) is 9.46. The minimum absolute atomic E-state index is 0.0306. The Morgan fingerprint density at radius 3 is 2.71 bits per heavy atom. The smallest absolute Gasteiger partial charge is 0.273 e. The summed E-state index contributed by atoms with van der Waals surface area (Å²) in [5, 5.41) is 2.72. The Hall–Kier alpha value is -1.43. The molecule has 2 saturated heterocycles. The summed E-state index contributed by atoms with van der Waals surface area (Å²) in [5.74, 6) is 0.213. The number of aromatic nitrogens is 1. The molecule has 132 valence electrons. The van der Waals surface area contributed by atoms with Crippen LogP contribution in [0.4, 0.5) is 0 Å². The van der Waals surface area contributed by atoms with Gasteiger partial charge in [-0.1, -0.05) is 20.8 Å². The van der Waals surface area contributed by atoms with Gasteiger partial charge in [0.2, 0.25) is 5.91 Å². The molecule has 24 heavy (non-hydrogen) atoms. The van der Waals surface area contributed by atoms with E-state index in [1.54, 1.807) is 0 Å². The molecule has 1 unspecified atom stereocenters. The summed E-state index contributed by atoms with van der Waals surface area (Å²) in [6.45, 7) is 11.2. The molecule has 1 aromatic heterocycles. The highest BCUT2D eigenvalue weighted by Crippen LogP contribution is 2.41. The van der Waals surface area contributed by atoms with Gasteiger partial charge in [-0.2, -0.15) is 0 Å². The van der Waals surface area contributed by atoms with Crippen LogP contribution in [0, 0.1) is 17.8 Å². The molecule has 0 aliphatic carbocycles. The molecule has 1 aromatic rings. The molecule has 3 rings (SSSR count). The maximum Gasteiger partial charge on any atom is 0.273 e. The first-order valence-electron chi connectivity index (χ1n) is 8.71. The molecule has 6 heteroatoms. The maximum absolute atomic E-state index is 13.1. The average molecular weight is 350 g/mol. The molecular formula is C18H27N3O2S. The summed E-state index contributed by atoms with van der Waals surface area (Å²) >= 11 is 1.49. The molecular weight excluding hydrogens is 322 g/mol. The fraction of sp³-hybridized carbons (Fsp3) is 0.722. The van der Waals surface area contributed by atoms with Gasteiger partial charge in [0.15, 0.2) is 0 Å². The second-order valence-electron chi connectivity index (χ2n) is 8.40. The van der Waals surface area contributed by atoms with Crippen molar-refractivity contribution in [3.8, 4) is 0 Å². The first-order chi connectivity index (χ1) is 11.2. The minimum atomic E-state index is -0.371. The predicted octanol–water partition coefficient (Wildman–Crippen LogP) is 2.95. The summed E-state index contributed by atoms with van der Waals surface area (Å²) in [6, 6.07) is 0. The molecule has 3 heterocycles. The average Bonchev–Trinajstić information content (AvgIpc) is 3.10. The quantitative estimate of drug-likeness (QED) is 0.825. The number of piperidine rings is 1. The molecule has 5 nitrogen and oxygen atoms in total. The Balaban J connectivity index is 1.73. The number of aryl methyl sites for hydroxylation is 1. The van der Waals surface area contributed by atoms with Crippen LogP contribution in [-0.2, 0) is 4.79 Å². The summed E-state index contributed by atoms with van der Waals surface area (Å²) in [6.07, 6.45) is 2.70. The number of likely N-dealkylation sites (tertiary alicyclic amines) is 2. The topological polar surface area (TPSA) is 53.5 Å². The van der Waals surface area contributed by atoms with Gasteiger partial charge in [-0.25, -0.2) is 4.98 Å². The molecule has 2 aliphatic heterocycles. The van der Waals surface area contributed by atoms with Crippen LogP contribution in [0.3, 0.4) is 0 Å². The molecule has 2 fully saturated rings. The van der Waals surface area contributed by atoms with Gasteiger partial charge in [0, 0.05) is 31.6 Å². The zero-order chi connectivity index (χ0) is 17.5. The van der Waals surface area contributed by atoms with Gasteiger partial charge in [-0.05, 0) is 31.6 Å². The van der Waals surface area contributed by atoms with Crippen LogP contribution < -0.4 is 0 Å². The molecule has 1 spiro atoms. The number of hydrogen-bond acceptors (Lipinski definition) is 4. The zero-order valence-corrected chi connectivity index (χ0v) is 15.9. The number of carbonyl (C=O) groups excluding carboxylic acids is 2. The van der Waals surface area contributed by atoms with Crippen LogP contribution in [0.2, 0.25) is 0 Å². The van der Waals surface area contributed by atoms with E-state index < -0.39 is 0 Å². The minimum Gasteiger partial charge on any atom is -0.342 e. The van der Waals surface area contributed by atoms with E-state index in [0.717, 1.165) is 37.4 Å². The van der Waals surface area contributed by atoms with E-state index in [1.807, 2.05) is 22.1 Å². The molecule has 2 amide bonds. The van der Waals surface area contributed by atoms with Crippen LogP contribution in [0.25, 0.3) is 0 Å². The molecule has 2 aliphatic rings. The Morgan fingerprint density at radius 2 is 2.08 bits per heavy atom. The third-order valence-corrected chi connectivity index (χ3v) is 5.74. The highest BCUT2D eigenvalue weighted by atomic mass is 32.1. The molecule has 0 N–H and O–H groups in total. The van der Waals surface area contributed by atoms with E-state index >= 15 is 0 Å². The Labute approximate surface area is 148 Å². The molecule has 0 bridgehead atoms. The highest BCUT2D eigenvalue weighted by molar-refractivity contribution is 7.09. The number of amides is 2. The van der Waals surface area contributed by atoms with E-state index in [1.165, 1.54) is 11.3 Å². The lowest BCUT2D eigenvalue weighted by atomic mass is 9.77. The van der Waals surface area contributed by atoms with E-state index in [9.17, 15) is 9.59 Å². The van der Waals surface area contributed by atoms with Gasteiger partial charge < -0.3 is 9.80 Å². The van der Waals surface area contributed by atoms with Gasteiger partial charge in [-0.15, -0.1) is 11.3 Å². The standard InChI is InChI=1S/C18H27N3O2S/c1-13-19-14(10-24-13)15(22)20-9-7-18(12-20)6-5-8-21(16(18)23)11-17(2,3)4/h10H,5-9,11-12H2,1-4H3. The summed E-state index contributed by atoms with van der Waals surface area (Å²) in [5.41, 5.74) is 0.245. The Kier molecular flexibility index (Phi) is 4.45. The van der Waals surface area contributed by atoms with Crippen LogP contribution in [0.15, 0.2) is 5.38 Å². The van der Waals surface area contributed by atoms with Crippen molar-refractivity contribution in [1.82, 2.24) is 14.8 Å². The summed E-state index contributed by atoms with van der Waals surface area (Å²) in [4.78, 5) is 33.9. The Morgan fingerprint density at radius 1 is 1.33 bits per heavy atom. The summed E-state index contributed by atoms with van der Waals surface area (Å²) < 4.78 is 0. The molecule has 0 saturated carbocycles. The van der Waals surface area contributed by atoms with Crippen molar-refractivity contribution in [3.63, 3.8) is 0 Å². The van der Waals surface area contributed by atoms with E-state index in [-0.39, 0.29) is 22.6 Å². The number of rotatable bonds is 2. The SMILES string of the molecule is Cc1nc(C(=O)N2CCC3(CCCN(CC(C)(C)C)C3=O)C2)cs1. The van der Waals surface area contributed by atoms with Crippen molar-refractivity contribution in [2.45, 2.75) is 47.0 Å². The lowest BCUT2D eigenvalue weighted by Crippen LogP contribution is -2.52. The number of carbonyl (C=O) groups is 2. The zero-order valence-electron chi connectivity index (χ0n) is 15.1. The van der Waals surface area contributed by atoms with Crippen molar-refractivity contribution in [3.05, 3.63) is 16.1 Å².